The van der Waals surface area contributed by atoms with Crippen LogP contribution in [-0.4, -0.2) is 36.1 Å². The maximum absolute atomic E-state index is 13.7. The fourth-order valence-corrected chi connectivity index (χ4v) is 3.33. The van der Waals surface area contributed by atoms with Crippen molar-refractivity contribution in [3.05, 3.63) is 56.8 Å². The highest BCUT2D eigenvalue weighted by Gasteiger charge is 2.23. The molecule has 1 aromatic carbocycles. The fraction of sp³-hybridized carbons (Fsp3) is 0.312. The van der Waals surface area contributed by atoms with Crippen molar-refractivity contribution in [3.8, 4) is 6.07 Å². The minimum Gasteiger partial charge on any atom is -0.297 e. The standard InChI is InChI=1S/C16H15FN4O3S/c1-25(23,24)16-19-14-4-5-21(9-12(14)15(22)20-16)8-10-2-3-11(7-18)13(17)6-10/h2-3,6H,4-5,8-9H2,1H3,(H,19,20,22). The van der Waals surface area contributed by atoms with E-state index in [-0.39, 0.29) is 10.7 Å². The van der Waals surface area contributed by atoms with Crippen molar-refractivity contribution in [2.24, 2.45) is 0 Å². The zero-order valence-electron chi connectivity index (χ0n) is 13.4. The molecule has 0 spiro atoms. The zero-order chi connectivity index (χ0) is 18.2. The highest BCUT2D eigenvalue weighted by atomic mass is 32.2. The molecule has 1 aliphatic rings. The Balaban J connectivity index is 1.83. The number of benzene rings is 1. The van der Waals surface area contributed by atoms with Crippen LogP contribution in [0.15, 0.2) is 28.2 Å². The summed E-state index contributed by atoms with van der Waals surface area (Å²) in [6.45, 7) is 1.27. The third kappa shape index (κ3) is 3.60. The normalized spacial score (nSPS) is 14.8. The van der Waals surface area contributed by atoms with Crippen LogP contribution in [0.4, 0.5) is 4.39 Å². The Morgan fingerprint density at radius 1 is 1.44 bits per heavy atom. The number of H-pyrrole nitrogens is 1. The first kappa shape index (κ1) is 17.3. The van der Waals surface area contributed by atoms with E-state index >= 15 is 0 Å². The molecule has 3 rings (SSSR count). The quantitative estimate of drug-likeness (QED) is 0.807. The van der Waals surface area contributed by atoms with Crippen LogP contribution in [0.1, 0.15) is 22.4 Å². The number of sulfone groups is 1. The molecule has 0 atom stereocenters. The highest BCUT2D eigenvalue weighted by Crippen LogP contribution is 2.18. The number of aromatic amines is 1. The number of nitrogens with one attached hydrogen (secondary N) is 1. The van der Waals surface area contributed by atoms with E-state index in [1.54, 1.807) is 12.1 Å². The molecule has 0 amide bonds. The molecule has 0 aliphatic carbocycles. The van der Waals surface area contributed by atoms with E-state index in [2.05, 4.69) is 9.97 Å². The van der Waals surface area contributed by atoms with E-state index < -0.39 is 21.2 Å². The van der Waals surface area contributed by atoms with Gasteiger partial charge in [0.15, 0.2) is 0 Å². The number of nitriles is 1. The van der Waals surface area contributed by atoms with Crippen LogP contribution in [0.25, 0.3) is 0 Å². The first-order chi connectivity index (χ1) is 11.8. The van der Waals surface area contributed by atoms with Crippen LogP contribution in [0.3, 0.4) is 0 Å². The first-order valence-electron chi connectivity index (χ1n) is 7.51. The number of aromatic nitrogens is 2. The Labute approximate surface area is 143 Å². The minimum absolute atomic E-state index is 0.0123. The summed E-state index contributed by atoms with van der Waals surface area (Å²) in [7, 11) is -3.58. The lowest BCUT2D eigenvalue weighted by atomic mass is 10.1. The summed E-state index contributed by atoms with van der Waals surface area (Å²) in [6, 6.07) is 6.18. The van der Waals surface area contributed by atoms with Crippen molar-refractivity contribution < 1.29 is 12.8 Å². The topological polar surface area (TPSA) is 107 Å². The predicted molar refractivity (Wildman–Crippen MR) is 86.9 cm³/mol. The lowest BCUT2D eigenvalue weighted by Gasteiger charge is -2.27. The van der Waals surface area contributed by atoms with Crippen molar-refractivity contribution in [1.82, 2.24) is 14.9 Å². The number of rotatable bonds is 3. The number of hydrogen-bond donors (Lipinski definition) is 1. The fourth-order valence-electron chi connectivity index (χ4n) is 2.77. The van der Waals surface area contributed by atoms with E-state index in [0.29, 0.717) is 42.9 Å². The average Bonchev–Trinajstić information content (AvgIpc) is 2.54. The van der Waals surface area contributed by atoms with E-state index in [0.717, 1.165) is 6.26 Å². The summed E-state index contributed by atoms with van der Waals surface area (Å²) < 4.78 is 36.8. The molecule has 9 heteroatoms. The van der Waals surface area contributed by atoms with Crippen LogP contribution in [-0.2, 0) is 29.3 Å². The van der Waals surface area contributed by atoms with E-state index in [1.165, 1.54) is 12.1 Å². The molecule has 25 heavy (non-hydrogen) atoms. The molecular weight excluding hydrogens is 347 g/mol. The predicted octanol–water partition coefficient (Wildman–Crippen LogP) is 0.742. The van der Waals surface area contributed by atoms with Gasteiger partial charge in [-0.1, -0.05) is 6.07 Å². The Bertz CT molecular complexity index is 1040. The molecule has 0 bridgehead atoms. The average molecular weight is 362 g/mol. The summed E-state index contributed by atoms with van der Waals surface area (Å²) in [5.41, 5.74) is 1.11. The molecule has 0 saturated heterocycles. The van der Waals surface area contributed by atoms with Crippen LogP contribution in [0, 0.1) is 17.1 Å². The molecule has 1 aromatic heterocycles. The molecule has 0 fully saturated rings. The van der Waals surface area contributed by atoms with Crippen molar-refractivity contribution >= 4 is 9.84 Å². The smallest absolute Gasteiger partial charge is 0.256 e. The lowest BCUT2D eigenvalue weighted by Crippen LogP contribution is -2.36. The van der Waals surface area contributed by atoms with Gasteiger partial charge in [-0.2, -0.15) is 5.26 Å². The van der Waals surface area contributed by atoms with Crippen LogP contribution >= 0.6 is 0 Å². The van der Waals surface area contributed by atoms with Gasteiger partial charge in [0.2, 0.25) is 15.0 Å². The number of halogens is 1. The summed E-state index contributed by atoms with van der Waals surface area (Å²) in [4.78, 5) is 20.5. The van der Waals surface area contributed by atoms with Crippen molar-refractivity contribution in [3.63, 3.8) is 0 Å². The van der Waals surface area contributed by atoms with Crippen molar-refractivity contribution in [1.29, 1.82) is 5.26 Å². The lowest BCUT2D eigenvalue weighted by molar-refractivity contribution is 0.240. The van der Waals surface area contributed by atoms with Crippen molar-refractivity contribution in [2.75, 3.05) is 12.8 Å². The Morgan fingerprint density at radius 3 is 2.84 bits per heavy atom. The molecule has 1 N–H and O–H groups in total. The van der Waals surface area contributed by atoms with Crippen LogP contribution in [0.2, 0.25) is 0 Å². The maximum atomic E-state index is 13.7. The summed E-state index contributed by atoms with van der Waals surface area (Å²) in [5.74, 6) is -0.574. The number of hydrogen-bond acceptors (Lipinski definition) is 6. The molecule has 7 nitrogen and oxygen atoms in total. The molecule has 130 valence electrons. The molecule has 1 aliphatic heterocycles. The molecule has 0 saturated carbocycles. The van der Waals surface area contributed by atoms with Crippen LogP contribution < -0.4 is 5.56 Å². The van der Waals surface area contributed by atoms with Crippen LogP contribution in [0.5, 0.6) is 0 Å². The van der Waals surface area contributed by atoms with Gasteiger partial charge >= 0.3 is 0 Å². The highest BCUT2D eigenvalue weighted by molar-refractivity contribution is 7.90. The first-order valence-corrected chi connectivity index (χ1v) is 9.40. The van der Waals surface area contributed by atoms with Gasteiger partial charge in [0.25, 0.3) is 5.56 Å². The Kier molecular flexibility index (Phi) is 4.41. The third-order valence-corrected chi connectivity index (χ3v) is 4.93. The third-order valence-electron chi connectivity index (χ3n) is 4.04. The Hall–Kier alpha value is -2.57. The summed E-state index contributed by atoms with van der Waals surface area (Å²) in [6.07, 6.45) is 1.42. The minimum atomic E-state index is -3.58. The Morgan fingerprint density at radius 2 is 2.20 bits per heavy atom. The van der Waals surface area contributed by atoms with Gasteiger partial charge in [0.1, 0.15) is 11.9 Å². The van der Waals surface area contributed by atoms with E-state index in [9.17, 15) is 17.6 Å². The second-order valence-corrected chi connectivity index (χ2v) is 7.89. The molecule has 0 radical (unpaired) electrons. The number of fused-ring (bicyclic) bond motifs is 1. The maximum Gasteiger partial charge on any atom is 0.256 e. The SMILES string of the molecule is CS(=O)(=O)c1nc2c(c(=O)[nH]1)CN(Cc1ccc(C#N)c(F)c1)CC2. The number of nitrogens with zero attached hydrogens (tertiary/aromatic N) is 3. The molecular formula is C16H15FN4O3S. The largest absolute Gasteiger partial charge is 0.297 e. The van der Waals surface area contributed by atoms with Crippen molar-refractivity contribution in [2.45, 2.75) is 24.7 Å². The molecule has 2 heterocycles. The zero-order valence-corrected chi connectivity index (χ0v) is 14.2. The van der Waals surface area contributed by atoms with Gasteiger partial charge in [-0.3, -0.25) is 14.7 Å². The van der Waals surface area contributed by atoms with E-state index in [1.807, 2.05) is 4.90 Å². The van der Waals surface area contributed by atoms with Gasteiger partial charge in [0, 0.05) is 32.3 Å². The van der Waals surface area contributed by atoms with Gasteiger partial charge in [-0.05, 0) is 17.7 Å². The van der Waals surface area contributed by atoms with Gasteiger partial charge < -0.3 is 0 Å². The summed E-state index contributed by atoms with van der Waals surface area (Å²) in [5, 5.41) is 8.44. The summed E-state index contributed by atoms with van der Waals surface area (Å²) >= 11 is 0. The molecule has 2 aromatic rings. The molecule has 0 unspecified atom stereocenters. The van der Waals surface area contributed by atoms with Gasteiger partial charge in [-0.15, -0.1) is 0 Å². The second kappa shape index (κ2) is 6.38. The van der Waals surface area contributed by atoms with E-state index in [4.69, 9.17) is 5.26 Å². The van der Waals surface area contributed by atoms with Gasteiger partial charge in [-0.25, -0.2) is 17.8 Å². The monoisotopic (exact) mass is 362 g/mol. The van der Waals surface area contributed by atoms with Gasteiger partial charge in [0.05, 0.1) is 16.8 Å². The second-order valence-electron chi connectivity index (χ2n) is 5.96.